The van der Waals surface area contributed by atoms with Gasteiger partial charge in [0.15, 0.2) is 11.4 Å². The van der Waals surface area contributed by atoms with Crippen LogP contribution in [0, 0.1) is 13.8 Å². The molecule has 0 saturated carbocycles. The fourth-order valence-electron chi connectivity index (χ4n) is 1.83. The number of hydrogen-bond acceptors (Lipinski definition) is 0. The second-order valence-electron chi connectivity index (χ2n) is 3.63. The van der Waals surface area contributed by atoms with Crippen LogP contribution in [0.25, 0.3) is 5.69 Å². The molecule has 0 bridgehead atoms. The lowest BCUT2D eigenvalue weighted by Crippen LogP contribution is -2.37. The van der Waals surface area contributed by atoms with Crippen molar-refractivity contribution in [2.45, 2.75) is 13.8 Å². The summed E-state index contributed by atoms with van der Waals surface area (Å²) >= 11 is 6.00. The van der Waals surface area contributed by atoms with Crippen LogP contribution >= 0.6 is 11.6 Å². The molecule has 1 aromatic heterocycles. The maximum Gasteiger partial charge on any atom is 0.211 e. The predicted molar refractivity (Wildman–Crippen MR) is 62.5 cm³/mol. The van der Waals surface area contributed by atoms with Crippen LogP contribution in [0.15, 0.2) is 42.5 Å². The molecule has 76 valence electrons. The van der Waals surface area contributed by atoms with E-state index in [-0.39, 0.29) is 0 Å². The maximum atomic E-state index is 6.00. The molecule has 1 nitrogen and oxygen atoms in total. The Balaban J connectivity index is 2.64. The molecule has 15 heavy (non-hydrogen) atoms. The van der Waals surface area contributed by atoms with E-state index in [0.29, 0.717) is 0 Å². The first-order chi connectivity index (χ1) is 7.18. The number of nitrogens with zero attached hydrogens (tertiary/aromatic N) is 1. The minimum Gasteiger partial charge on any atom is -0.162 e. The molecule has 0 fully saturated rings. The highest BCUT2D eigenvalue weighted by Gasteiger charge is 2.14. The molecule has 0 aliphatic heterocycles. The van der Waals surface area contributed by atoms with Gasteiger partial charge in [0.1, 0.15) is 0 Å². The average Bonchev–Trinajstić information content (AvgIpc) is 2.17. The fraction of sp³-hybridized carbons (Fsp3) is 0.154. The van der Waals surface area contributed by atoms with Crippen LogP contribution < -0.4 is 4.57 Å². The van der Waals surface area contributed by atoms with Gasteiger partial charge in [-0.1, -0.05) is 29.8 Å². The number of rotatable bonds is 1. The second kappa shape index (κ2) is 4.03. The smallest absolute Gasteiger partial charge is 0.162 e. The maximum absolute atomic E-state index is 6.00. The third kappa shape index (κ3) is 2.02. The van der Waals surface area contributed by atoms with Gasteiger partial charge in [-0.05, 0) is 0 Å². The Kier molecular flexibility index (Phi) is 2.74. The lowest BCUT2D eigenvalue weighted by molar-refractivity contribution is -0.609. The van der Waals surface area contributed by atoms with Crippen LogP contribution in [0.1, 0.15) is 11.4 Å². The van der Waals surface area contributed by atoms with Crippen LogP contribution in [0.4, 0.5) is 0 Å². The van der Waals surface area contributed by atoms with Crippen molar-refractivity contribution in [2.75, 3.05) is 0 Å². The fourth-order valence-corrected chi connectivity index (χ4v) is 2.15. The molecule has 0 radical (unpaired) electrons. The Morgan fingerprint density at radius 3 is 2.00 bits per heavy atom. The first-order valence-electron chi connectivity index (χ1n) is 4.93. The molecule has 0 aliphatic carbocycles. The van der Waals surface area contributed by atoms with Gasteiger partial charge in [0.2, 0.25) is 5.69 Å². The van der Waals surface area contributed by atoms with Gasteiger partial charge in [-0.25, -0.2) is 0 Å². The topological polar surface area (TPSA) is 3.88 Å². The second-order valence-corrected chi connectivity index (χ2v) is 4.06. The molecule has 0 N–H and O–H groups in total. The minimum atomic E-state index is 0.789. The lowest BCUT2D eigenvalue weighted by Gasteiger charge is -2.03. The van der Waals surface area contributed by atoms with E-state index in [9.17, 15) is 0 Å². The number of pyridine rings is 1. The molecule has 2 rings (SSSR count). The largest absolute Gasteiger partial charge is 0.211 e. The summed E-state index contributed by atoms with van der Waals surface area (Å²) in [6, 6.07) is 14.2. The third-order valence-electron chi connectivity index (χ3n) is 2.41. The highest BCUT2D eigenvalue weighted by atomic mass is 35.5. The summed E-state index contributed by atoms with van der Waals surface area (Å²) < 4.78 is 2.19. The number of hydrogen-bond donors (Lipinski definition) is 0. The molecule has 0 atom stereocenters. The van der Waals surface area contributed by atoms with Crippen molar-refractivity contribution < 1.29 is 4.57 Å². The standard InChI is InChI=1S/C13H13ClN/c1-10-8-12(14)9-11(2)15(10)13-6-4-3-5-7-13/h3-9H,1-2H3/q+1. The molecule has 0 aliphatic rings. The van der Waals surface area contributed by atoms with Crippen molar-refractivity contribution >= 4 is 11.6 Å². The summed E-state index contributed by atoms with van der Waals surface area (Å²) in [4.78, 5) is 0. The van der Waals surface area contributed by atoms with Gasteiger partial charge in [0.25, 0.3) is 0 Å². The van der Waals surface area contributed by atoms with Crippen molar-refractivity contribution in [2.24, 2.45) is 0 Å². The molecule has 1 aromatic carbocycles. The van der Waals surface area contributed by atoms with E-state index in [1.165, 1.54) is 5.69 Å². The number of aryl methyl sites for hydroxylation is 2. The van der Waals surface area contributed by atoms with Gasteiger partial charge < -0.3 is 0 Å². The summed E-state index contributed by atoms with van der Waals surface area (Å²) in [5.41, 5.74) is 3.46. The van der Waals surface area contributed by atoms with Crippen LogP contribution in [-0.2, 0) is 0 Å². The van der Waals surface area contributed by atoms with Crippen LogP contribution in [0.2, 0.25) is 5.02 Å². The predicted octanol–water partition coefficient (Wildman–Crippen LogP) is 3.23. The van der Waals surface area contributed by atoms with E-state index in [1.807, 2.05) is 30.3 Å². The Morgan fingerprint density at radius 1 is 0.933 bits per heavy atom. The van der Waals surface area contributed by atoms with Gasteiger partial charge >= 0.3 is 0 Å². The number of halogens is 1. The number of para-hydroxylation sites is 1. The number of benzene rings is 1. The summed E-state index contributed by atoms with van der Waals surface area (Å²) in [6.07, 6.45) is 0. The van der Waals surface area contributed by atoms with Gasteiger partial charge in [-0.2, -0.15) is 4.57 Å². The summed E-state index contributed by atoms with van der Waals surface area (Å²) in [6.45, 7) is 4.12. The lowest BCUT2D eigenvalue weighted by atomic mass is 10.2. The molecule has 2 aromatic rings. The third-order valence-corrected chi connectivity index (χ3v) is 2.63. The quantitative estimate of drug-likeness (QED) is 0.647. The van der Waals surface area contributed by atoms with Crippen LogP contribution in [0.5, 0.6) is 0 Å². The highest BCUT2D eigenvalue weighted by Crippen LogP contribution is 2.11. The molecular formula is C13H13ClN+. The SMILES string of the molecule is Cc1cc(Cl)cc(C)[n+]1-c1ccccc1. The van der Waals surface area contributed by atoms with Crippen molar-refractivity contribution in [3.8, 4) is 5.69 Å². The van der Waals surface area contributed by atoms with E-state index >= 15 is 0 Å². The first-order valence-corrected chi connectivity index (χ1v) is 5.30. The Bertz CT molecular complexity index is 454. The zero-order valence-electron chi connectivity index (χ0n) is 8.87. The normalized spacial score (nSPS) is 10.3. The van der Waals surface area contributed by atoms with E-state index in [4.69, 9.17) is 11.6 Å². The highest BCUT2D eigenvalue weighted by molar-refractivity contribution is 6.30. The Labute approximate surface area is 95.0 Å². The summed E-state index contributed by atoms with van der Waals surface area (Å²) in [7, 11) is 0. The van der Waals surface area contributed by atoms with Gasteiger partial charge in [0.05, 0.1) is 5.02 Å². The first kappa shape index (κ1) is 10.2. The molecule has 0 saturated heterocycles. The van der Waals surface area contributed by atoms with Crippen molar-refractivity contribution in [1.29, 1.82) is 0 Å². The van der Waals surface area contributed by atoms with Crippen molar-refractivity contribution in [1.82, 2.24) is 0 Å². The summed E-state index contributed by atoms with van der Waals surface area (Å²) in [5.74, 6) is 0. The zero-order chi connectivity index (χ0) is 10.8. The van der Waals surface area contributed by atoms with Gasteiger partial charge in [-0.3, -0.25) is 0 Å². The van der Waals surface area contributed by atoms with E-state index < -0.39 is 0 Å². The summed E-state index contributed by atoms with van der Waals surface area (Å²) in [5, 5.41) is 0.789. The van der Waals surface area contributed by atoms with Crippen molar-refractivity contribution in [3.63, 3.8) is 0 Å². The molecule has 0 spiro atoms. The number of aromatic nitrogens is 1. The molecular weight excluding hydrogens is 206 g/mol. The zero-order valence-corrected chi connectivity index (χ0v) is 9.62. The molecule has 2 heteroatoms. The molecule has 1 heterocycles. The average molecular weight is 219 g/mol. The Hall–Kier alpha value is -1.34. The Morgan fingerprint density at radius 2 is 1.47 bits per heavy atom. The van der Waals surface area contributed by atoms with E-state index in [0.717, 1.165) is 16.4 Å². The van der Waals surface area contributed by atoms with Gasteiger partial charge in [-0.15, -0.1) is 0 Å². The molecule has 0 unspecified atom stereocenters. The van der Waals surface area contributed by atoms with Gasteiger partial charge in [0, 0.05) is 38.1 Å². The van der Waals surface area contributed by atoms with Crippen LogP contribution in [-0.4, -0.2) is 0 Å². The van der Waals surface area contributed by atoms with E-state index in [2.05, 4.69) is 30.5 Å². The van der Waals surface area contributed by atoms with Crippen LogP contribution in [0.3, 0.4) is 0 Å². The monoisotopic (exact) mass is 218 g/mol. The minimum absolute atomic E-state index is 0.789. The van der Waals surface area contributed by atoms with Crippen molar-refractivity contribution in [3.05, 3.63) is 58.9 Å². The molecule has 0 amide bonds. The van der Waals surface area contributed by atoms with E-state index in [1.54, 1.807) is 0 Å².